The van der Waals surface area contributed by atoms with Crippen LogP contribution in [-0.2, 0) is 82.7 Å². The third-order valence-corrected chi connectivity index (χ3v) is 32.1. The summed E-state index contributed by atoms with van der Waals surface area (Å²) >= 11 is 26.5. The van der Waals surface area contributed by atoms with Crippen LogP contribution < -0.4 is 68.4 Å². The molecule has 127 heavy (non-hydrogen) atoms. The first-order chi connectivity index (χ1) is 59.2. The van der Waals surface area contributed by atoms with E-state index in [1.54, 1.807) is 69.2 Å². The van der Waals surface area contributed by atoms with Gasteiger partial charge >= 0.3 is 77.0 Å². The van der Waals surface area contributed by atoms with Gasteiger partial charge in [0.25, 0.3) is 5.56 Å². The lowest BCUT2D eigenvalue weighted by Crippen LogP contribution is -2.36. The van der Waals surface area contributed by atoms with Crippen molar-refractivity contribution < 1.29 is 117 Å². The number of ether oxygens (including phenoxy) is 6. The van der Waals surface area contributed by atoms with Crippen molar-refractivity contribution in [1.29, 1.82) is 0 Å². The molecule has 704 valence electrons. The van der Waals surface area contributed by atoms with Gasteiger partial charge in [0.05, 0.1) is 87.2 Å². The normalized spacial score (nSPS) is 32.1. The third-order valence-electron chi connectivity index (χ3n) is 22.1. The van der Waals surface area contributed by atoms with E-state index in [0.717, 1.165) is 29.9 Å². The Labute approximate surface area is 757 Å². The van der Waals surface area contributed by atoms with E-state index >= 15 is 0 Å². The number of aryl methyl sites for hydroxylation is 6. The molecular formula is C66H103N17O32P6S6+6. The van der Waals surface area contributed by atoms with Crippen molar-refractivity contribution in [2.45, 2.75) is 193 Å². The van der Waals surface area contributed by atoms with Crippen LogP contribution in [-0.4, -0.2) is 212 Å². The fourth-order valence-electron chi connectivity index (χ4n) is 15.3. The topological polar surface area (TPSA) is 667 Å². The smallest absolute Gasteiger partial charge is 0.394 e. The van der Waals surface area contributed by atoms with Crippen LogP contribution in [0.1, 0.15) is 112 Å². The van der Waals surface area contributed by atoms with Crippen LogP contribution in [0.2, 0.25) is 0 Å². The molecule has 29 atom stereocenters. The van der Waals surface area contributed by atoms with Gasteiger partial charge in [0.2, 0.25) is 0 Å². The number of hydrogen-bond acceptors (Lipinski definition) is 48. The SMILES string of the molecule is CO[P+](O)(S)OC1C[C@H](n2cc(C)c(=O)[nH]c2=O)O[C@@H]1CO[P+](O)(S)OC1[C@@H](CO[P+](O)(S)OC2[C@@H](CO[P+](O)(S)OC3[C@@H](CO[P+](O)(S)OC4[C@@H](CO[P+](O)(S)OC5[C@@H](CO)O[C@@H](n6cc(C)c(N)nc6=O)[C@H]5C)O[C@@H](n5cc(C)c(N)nc5=O)[C@H]4C)O[C@@H](n4cc(C)c(N)nc4=O)[C@H]3C)O[C@@H](n3cc(C)c(N)nc3=O)[C@H]2C)O[C@@H](n2cc(C)c(N)nc2=O)[C@H]1C. The Kier molecular flexibility index (Phi) is 32.3. The molecule has 12 heterocycles. The zero-order chi connectivity index (χ0) is 93.3. The summed E-state index contributed by atoms with van der Waals surface area (Å²) in [4.78, 5) is 187. The first kappa shape index (κ1) is 102. The molecule has 12 rings (SSSR count). The minimum absolute atomic E-state index is 0.0103. The molecule has 0 amide bonds. The van der Waals surface area contributed by atoms with Gasteiger partial charge in [-0.1, -0.05) is 34.6 Å². The molecule has 6 fully saturated rings. The summed E-state index contributed by atoms with van der Waals surface area (Å²) in [6, 6.07) is 0. The number of hydrogen-bond donors (Lipinski definition) is 19. The second kappa shape index (κ2) is 40.4. The summed E-state index contributed by atoms with van der Waals surface area (Å²) in [5.41, 5.74) is 26.3. The van der Waals surface area contributed by atoms with Crippen LogP contribution in [0.3, 0.4) is 0 Å². The highest BCUT2D eigenvalue weighted by molar-refractivity contribution is 8.48. The van der Waals surface area contributed by atoms with E-state index in [9.17, 15) is 68.0 Å². The van der Waals surface area contributed by atoms with E-state index in [1.807, 2.05) is 0 Å². The lowest BCUT2D eigenvalue weighted by atomic mass is 10.0. The number of aromatic nitrogens is 12. The minimum Gasteiger partial charge on any atom is -0.394 e. The zero-order valence-corrected chi connectivity index (χ0v) is 80.4. The van der Waals surface area contributed by atoms with E-state index in [1.165, 1.54) is 48.7 Å². The van der Waals surface area contributed by atoms with Crippen molar-refractivity contribution in [3.63, 3.8) is 0 Å². The summed E-state index contributed by atoms with van der Waals surface area (Å²) in [5, 5.41) is 10.5. The number of rotatable bonds is 35. The van der Waals surface area contributed by atoms with Crippen LogP contribution in [0.15, 0.2) is 70.7 Å². The molecule has 0 saturated carbocycles. The standard InChI is InChI=1S/C66H97N17O32P6S6/c1-26-14-79(61(86)72-50(26)67)56-32(7)45(38(20-84)105-56)111-118(94,124)100-22-40-47(34(9)58(106-40)81-16-28(3)52(69)74-63(81)88)113-120(96,126)102-24-42-49(36(11)60(108-42)83-18-30(5)54(71)76-65(83)90)115-121(97,127)103-25-43-48(35(10)59(109-43)82-17-29(4)53(70)75-64(82)89)114-119(95,125)101-23-41-46(33(8)57(107-41)80-15-27(2)51(68)73-62(80)87)112-117(93,123)99-21-39-37(110-116(92,122)98-12)13-44(104-39)78-19-31(6)55(85)77-66(78)91/h14-19,32-49,56-60,84,92-97,122-127H,13,20-25H2,1-12H3,(H5-6,67,68,69,70,71,72,73,74,75,76,77,85,86,87,88,89,90,91)/p+6/t32-,33-,34-,35-,36-,37?,38+,39+,40+,41+,42+,43+,44+,45?,46?,47?,48?,49?,56+,57+,58+,59+,60+,116?,117?,118?,119?,120?,121?/m0/s1. The average Bonchev–Trinajstić information content (AvgIpc) is 1.61. The molecular weight excluding hydrogens is 1920 g/mol. The molecule has 0 radical (unpaired) electrons. The Morgan fingerprint density at radius 2 is 0.606 bits per heavy atom. The van der Waals surface area contributed by atoms with Gasteiger partial charge in [-0.05, 0) is 41.5 Å². The van der Waals surface area contributed by atoms with E-state index < -0.39 is 262 Å². The van der Waals surface area contributed by atoms with Crippen molar-refractivity contribution in [3.8, 4) is 0 Å². The maximum absolute atomic E-state index is 13.8. The molecule has 6 aromatic rings. The highest BCUT2D eigenvalue weighted by Crippen LogP contribution is 2.71. The largest absolute Gasteiger partial charge is 0.475 e. The number of aliphatic hydroxyl groups is 1. The zero-order valence-electron chi connectivity index (χ0n) is 69.7. The summed E-state index contributed by atoms with van der Waals surface area (Å²) in [7, 11) is -25.3. The number of nitrogens with zero attached hydrogens (tertiary/aromatic N) is 11. The van der Waals surface area contributed by atoms with Gasteiger partial charge in [0.15, 0.2) is 0 Å². The van der Waals surface area contributed by atoms with Gasteiger partial charge in [-0.2, -0.15) is 109 Å². The van der Waals surface area contributed by atoms with Crippen molar-refractivity contribution in [2.24, 2.45) is 29.6 Å². The molecule has 0 bridgehead atoms. The molecule has 12 unspecified atom stereocenters. The van der Waals surface area contributed by atoms with E-state index in [0.29, 0.717) is 27.8 Å². The maximum atomic E-state index is 13.8. The Morgan fingerprint density at radius 1 is 0.370 bits per heavy atom. The van der Waals surface area contributed by atoms with Crippen LogP contribution in [0.4, 0.5) is 29.1 Å². The quantitative estimate of drug-likeness (QED) is 0.0201. The fraction of sp³-hybridized carbons (Fsp3) is 0.636. The molecule has 61 heteroatoms. The molecule has 18 N–H and O–H groups in total. The van der Waals surface area contributed by atoms with Crippen LogP contribution in [0.25, 0.3) is 0 Å². The van der Waals surface area contributed by atoms with Gasteiger partial charge in [-0.15, -0.1) is 0 Å². The summed E-state index contributed by atoms with van der Waals surface area (Å²) < 4.78 is 118. The summed E-state index contributed by atoms with van der Waals surface area (Å²) in [5.74, 6) is -5.14. The van der Waals surface area contributed by atoms with Crippen molar-refractivity contribution >= 4 is 145 Å². The number of H-pyrrole nitrogens is 1. The second-order valence-corrected chi connectivity index (χ2v) is 49.1. The van der Waals surface area contributed by atoms with E-state index in [2.05, 4.69) is 103 Å². The number of anilines is 5. The number of nitrogens with two attached hydrogens (primary N) is 5. The van der Waals surface area contributed by atoms with Crippen molar-refractivity contribution in [1.82, 2.24) is 57.3 Å². The molecule has 0 aliphatic carbocycles. The molecule has 0 spiro atoms. The van der Waals surface area contributed by atoms with Gasteiger partial charge in [-0.25, -0.2) is 28.8 Å². The number of thiol groups is 6. The molecule has 6 saturated heterocycles. The highest BCUT2D eigenvalue weighted by atomic mass is 32.7. The lowest BCUT2D eigenvalue weighted by Gasteiger charge is -2.25. The monoisotopic (exact) mass is 2020 g/mol. The van der Waals surface area contributed by atoms with Crippen LogP contribution >= 0.6 is 116 Å². The predicted octanol–water partition coefficient (Wildman–Crippen LogP) is 3.17. The lowest BCUT2D eigenvalue weighted by molar-refractivity contribution is -0.0594. The van der Waals surface area contributed by atoms with Crippen LogP contribution in [0, 0.1) is 71.1 Å². The maximum Gasteiger partial charge on any atom is 0.475 e. The molecule has 49 nitrogen and oxygen atoms in total. The van der Waals surface area contributed by atoms with Gasteiger partial charge in [-0.3, -0.25) is 37.2 Å². The van der Waals surface area contributed by atoms with Gasteiger partial charge in [0.1, 0.15) is 173 Å². The van der Waals surface area contributed by atoms with Crippen molar-refractivity contribution in [2.75, 3.05) is 75.4 Å². The Balaban J connectivity index is 0.771. The number of aliphatic hydroxyl groups excluding tert-OH is 1. The Hall–Kier alpha value is -4.24. The number of nitrogen functional groups attached to an aromatic ring is 5. The predicted molar refractivity (Wildman–Crippen MR) is 480 cm³/mol. The minimum atomic E-state index is -4.64. The van der Waals surface area contributed by atoms with Gasteiger partial charge in [0, 0.05) is 107 Å². The molecule has 6 aliphatic rings. The fourth-order valence-corrected chi connectivity index (χ4v) is 24.2. The average molecular weight is 2020 g/mol. The first-order valence-electron chi connectivity index (χ1n) is 38.8. The third kappa shape index (κ3) is 23.5. The van der Waals surface area contributed by atoms with Gasteiger partial charge < -0.3 is 62.2 Å². The second-order valence-electron chi connectivity index (χ2n) is 31.2. The van der Waals surface area contributed by atoms with E-state index in [-0.39, 0.29) is 41.1 Å². The Bertz CT molecular complexity index is 5450. The molecule has 6 aliphatic heterocycles. The number of aromatic amines is 1. The Morgan fingerprint density at radius 3 is 0.858 bits per heavy atom. The number of nitrogens with one attached hydrogen (secondary N) is 1. The highest BCUT2D eigenvalue weighted by Gasteiger charge is 2.62. The molecule has 0 aromatic carbocycles. The first-order valence-corrected chi connectivity index (χ1v) is 55.1. The van der Waals surface area contributed by atoms with Crippen LogP contribution in [0.5, 0.6) is 0 Å². The summed E-state index contributed by atoms with van der Waals surface area (Å²) in [6.07, 6.45) is -15.5. The summed E-state index contributed by atoms with van der Waals surface area (Å²) in [6.45, 7) is 13.2. The van der Waals surface area contributed by atoms with Crippen molar-refractivity contribution in [3.05, 3.63) is 144 Å². The molecule has 6 aromatic heterocycles. The van der Waals surface area contributed by atoms with E-state index in [4.69, 9.17) is 111 Å².